The fraction of sp³-hybridized carbons (Fsp3) is 0.400. The van der Waals surface area contributed by atoms with Crippen molar-refractivity contribution in [2.45, 2.75) is 117 Å². The van der Waals surface area contributed by atoms with Gasteiger partial charge in [0.15, 0.2) is 0 Å². The summed E-state index contributed by atoms with van der Waals surface area (Å²) in [7, 11) is 0. The molecule has 66 heavy (non-hydrogen) atoms. The Morgan fingerprint density at radius 3 is 1.27 bits per heavy atom. The zero-order valence-corrected chi connectivity index (χ0v) is 38.4. The van der Waals surface area contributed by atoms with E-state index in [-0.39, 0.29) is 71.5 Å². The van der Waals surface area contributed by atoms with Crippen LogP contribution in [0.1, 0.15) is 122 Å². The first kappa shape index (κ1) is 47.1. The molecule has 2 aliphatic carbocycles. The minimum Gasteiger partial charge on any atom is -0.338 e. The Morgan fingerprint density at radius 1 is 0.591 bits per heavy atom. The van der Waals surface area contributed by atoms with Crippen molar-refractivity contribution in [2.75, 3.05) is 10.6 Å². The lowest BCUT2D eigenvalue weighted by Gasteiger charge is -2.10. The average Bonchev–Trinajstić information content (AvgIpc) is 3.99. The lowest BCUT2D eigenvalue weighted by atomic mass is 9.96. The van der Waals surface area contributed by atoms with Crippen LogP contribution in [0.2, 0.25) is 0 Å². The van der Waals surface area contributed by atoms with Gasteiger partial charge in [-0.15, -0.1) is 0 Å². The third kappa shape index (κ3) is 11.9. The number of ketones is 2. The van der Waals surface area contributed by atoms with Gasteiger partial charge in [-0.05, 0) is 108 Å². The monoisotopic (exact) mass is 900 g/mol. The lowest BCUT2D eigenvalue weighted by Crippen LogP contribution is -2.15. The van der Waals surface area contributed by atoms with Crippen LogP contribution in [0, 0.1) is 25.7 Å². The fourth-order valence-electron chi connectivity index (χ4n) is 6.98. The molecular weight excluding hydrogens is 847 g/mol. The van der Waals surface area contributed by atoms with Gasteiger partial charge < -0.3 is 19.7 Å². The summed E-state index contributed by atoms with van der Waals surface area (Å²) >= 11 is 0. The van der Waals surface area contributed by atoms with E-state index < -0.39 is 24.2 Å². The Kier molecular flexibility index (Phi) is 13.8. The molecule has 0 spiro atoms. The van der Waals surface area contributed by atoms with Crippen LogP contribution in [0.4, 0.5) is 20.4 Å². The molecular formula is C50H54F2N8O6. The highest BCUT2D eigenvalue weighted by atomic mass is 19.1. The Bertz CT molecular complexity index is 2580. The number of nitrogens with zero attached hydrogens (tertiary/aromatic N) is 6. The molecule has 2 N–H and O–H groups in total. The van der Waals surface area contributed by atoms with Gasteiger partial charge in [-0.3, -0.25) is 19.2 Å². The Hall–Kier alpha value is -6.84. The first-order chi connectivity index (χ1) is 31.2. The first-order valence-electron chi connectivity index (χ1n) is 22.0. The molecule has 0 unspecified atom stereocenters. The highest BCUT2D eigenvalue weighted by Gasteiger charge is 2.44. The summed E-state index contributed by atoms with van der Waals surface area (Å²) in [6.07, 6.45) is 3.38. The van der Waals surface area contributed by atoms with Crippen molar-refractivity contribution >= 4 is 35.0 Å². The van der Waals surface area contributed by atoms with Crippen LogP contribution in [0.15, 0.2) is 82.1 Å². The number of carbonyl (C=O) groups excluding carboxylic acids is 4. The standard InChI is InChI=1S/2C25H27FN4O3/c2*1-14-11-16(17-9-10-27-21(12-17)28-23(32)18-13-19(18)26)6-5-15(14)7-8-20(31)22-29-24(33-30-22)25(2,3)4/h2*5-6,9-12,18-19H,7-8,13H2,1-4H3,(H,27,28,32)/t2*18-,19+/m10/s1. The van der Waals surface area contributed by atoms with Gasteiger partial charge in [0, 0.05) is 36.1 Å². The maximum absolute atomic E-state index is 13.1. The van der Waals surface area contributed by atoms with Crippen molar-refractivity contribution in [1.82, 2.24) is 30.2 Å². The summed E-state index contributed by atoms with van der Waals surface area (Å²) in [6.45, 7) is 15.7. The number of anilines is 2. The van der Waals surface area contributed by atoms with Crippen LogP contribution in [0.25, 0.3) is 22.3 Å². The highest BCUT2D eigenvalue weighted by molar-refractivity contribution is 5.95. The Labute approximate surface area is 381 Å². The van der Waals surface area contributed by atoms with E-state index in [0.717, 1.165) is 44.5 Å². The van der Waals surface area contributed by atoms with Gasteiger partial charge in [0.25, 0.3) is 0 Å². The van der Waals surface area contributed by atoms with Crippen LogP contribution in [0.5, 0.6) is 0 Å². The largest absolute Gasteiger partial charge is 0.338 e. The number of benzene rings is 2. The van der Waals surface area contributed by atoms with Crippen molar-refractivity contribution in [3.05, 3.63) is 119 Å². The summed E-state index contributed by atoms with van der Waals surface area (Å²) in [5.74, 6) is -0.175. The van der Waals surface area contributed by atoms with Crippen LogP contribution < -0.4 is 10.6 Å². The highest BCUT2D eigenvalue weighted by Crippen LogP contribution is 2.36. The van der Waals surface area contributed by atoms with Crippen molar-refractivity contribution in [3.63, 3.8) is 0 Å². The molecule has 2 aromatic carbocycles. The second-order valence-corrected chi connectivity index (χ2v) is 19.0. The SMILES string of the molecule is Cc1cc(-c2ccnc(NC(=O)[C@@H]3C[C@@H]3F)c2)ccc1CCC(=O)c1noc(C(C)(C)C)n1.Cc1cc(-c2ccnc(NC(=O)[C@H]3C[C@H]3F)c2)ccc1CCC(=O)c1noc(C(C)(C)C)n1. The van der Waals surface area contributed by atoms with E-state index in [4.69, 9.17) is 9.05 Å². The van der Waals surface area contributed by atoms with Gasteiger partial charge in [-0.2, -0.15) is 9.97 Å². The molecule has 0 saturated heterocycles. The third-order valence-corrected chi connectivity index (χ3v) is 11.3. The van der Waals surface area contributed by atoms with Gasteiger partial charge >= 0.3 is 0 Å². The van der Waals surface area contributed by atoms with Crippen LogP contribution in [0.3, 0.4) is 0 Å². The van der Waals surface area contributed by atoms with E-state index >= 15 is 0 Å². The molecule has 4 atom stereocenters. The number of Topliss-reactive ketones (excluding diaryl/α,β-unsaturated/α-hetero) is 2. The molecule has 344 valence electrons. The second-order valence-electron chi connectivity index (χ2n) is 19.0. The number of hydrogen-bond donors (Lipinski definition) is 2. The smallest absolute Gasteiger partial charge is 0.238 e. The number of aryl methyl sites for hydroxylation is 4. The van der Waals surface area contributed by atoms with Gasteiger partial charge in [0.1, 0.15) is 24.0 Å². The quantitative estimate of drug-likeness (QED) is 0.0984. The van der Waals surface area contributed by atoms with Crippen molar-refractivity contribution in [3.8, 4) is 22.3 Å². The maximum Gasteiger partial charge on any atom is 0.238 e. The van der Waals surface area contributed by atoms with E-state index in [2.05, 4.69) is 40.9 Å². The number of nitrogens with one attached hydrogen (secondary N) is 2. The number of hydrogen-bond acceptors (Lipinski definition) is 12. The summed E-state index contributed by atoms with van der Waals surface area (Å²) in [5.41, 5.74) is 7.29. The van der Waals surface area contributed by atoms with E-state index in [9.17, 15) is 28.0 Å². The average molecular weight is 901 g/mol. The van der Waals surface area contributed by atoms with Gasteiger partial charge in [0.05, 0.1) is 11.8 Å². The summed E-state index contributed by atoms with van der Waals surface area (Å²) in [5, 5.41) is 13.0. The molecule has 2 aliphatic rings. The molecule has 0 radical (unpaired) electrons. The molecule has 4 heterocycles. The topological polar surface area (TPSA) is 196 Å². The van der Waals surface area contributed by atoms with E-state index in [1.165, 1.54) is 0 Å². The second kappa shape index (κ2) is 19.3. The number of aromatic nitrogens is 6. The maximum atomic E-state index is 13.1. The third-order valence-electron chi connectivity index (χ3n) is 11.3. The minimum absolute atomic E-state index is 0.117. The number of rotatable bonds is 14. The summed E-state index contributed by atoms with van der Waals surface area (Å²) < 4.78 is 36.6. The molecule has 14 nitrogen and oxygen atoms in total. The van der Waals surface area contributed by atoms with Crippen LogP contribution in [-0.4, -0.2) is 66.0 Å². The molecule has 6 aromatic rings. The molecule has 8 rings (SSSR count). The van der Waals surface area contributed by atoms with E-state index in [0.29, 0.717) is 36.3 Å². The Balaban J connectivity index is 0.000000196. The zero-order chi connectivity index (χ0) is 47.5. The van der Waals surface area contributed by atoms with Crippen LogP contribution in [-0.2, 0) is 33.3 Å². The Morgan fingerprint density at radius 2 is 0.955 bits per heavy atom. The van der Waals surface area contributed by atoms with E-state index in [1.807, 2.05) is 104 Å². The summed E-state index contributed by atoms with van der Waals surface area (Å²) in [4.78, 5) is 65.8. The number of carbonyl (C=O) groups is 4. The predicted octanol–water partition coefficient (Wildman–Crippen LogP) is 9.70. The zero-order valence-electron chi connectivity index (χ0n) is 38.4. The number of pyridine rings is 2. The molecule has 2 amide bonds. The lowest BCUT2D eigenvalue weighted by molar-refractivity contribution is -0.118. The minimum atomic E-state index is -1.05. The molecule has 2 fully saturated rings. The number of amides is 2. The number of halogens is 2. The predicted molar refractivity (Wildman–Crippen MR) is 243 cm³/mol. The molecule has 0 bridgehead atoms. The van der Waals surface area contributed by atoms with Crippen molar-refractivity contribution in [2.24, 2.45) is 11.8 Å². The molecule has 16 heteroatoms. The first-order valence-corrected chi connectivity index (χ1v) is 22.0. The number of alkyl halides is 2. The normalized spacial score (nSPS) is 17.6. The van der Waals surface area contributed by atoms with Gasteiger partial charge in [-0.25, -0.2) is 18.7 Å². The fourth-order valence-corrected chi connectivity index (χ4v) is 6.98. The molecule has 4 aromatic heterocycles. The van der Waals surface area contributed by atoms with Crippen LogP contribution >= 0.6 is 0 Å². The molecule has 0 aliphatic heterocycles. The van der Waals surface area contributed by atoms with Gasteiger partial charge in [0.2, 0.25) is 46.8 Å². The summed E-state index contributed by atoms with van der Waals surface area (Å²) in [6, 6.07) is 19.2. The van der Waals surface area contributed by atoms with Crippen molar-refractivity contribution < 1.29 is 37.0 Å². The van der Waals surface area contributed by atoms with Gasteiger partial charge in [-0.1, -0.05) is 88.3 Å². The van der Waals surface area contributed by atoms with E-state index in [1.54, 1.807) is 24.5 Å². The molecule has 2 saturated carbocycles. The van der Waals surface area contributed by atoms with Crippen molar-refractivity contribution in [1.29, 1.82) is 0 Å².